The van der Waals surface area contributed by atoms with E-state index in [4.69, 9.17) is 33.2 Å². The summed E-state index contributed by atoms with van der Waals surface area (Å²) in [5.41, 5.74) is -1.88. The number of carbonyl (C=O) groups is 4. The second-order valence-electron chi connectivity index (χ2n) is 16.7. The summed E-state index contributed by atoms with van der Waals surface area (Å²) >= 11 is 0. The van der Waals surface area contributed by atoms with Gasteiger partial charge in [-0.3, -0.25) is 19.2 Å². The van der Waals surface area contributed by atoms with E-state index >= 15 is 0 Å². The second kappa shape index (κ2) is 16.9. The van der Waals surface area contributed by atoms with Gasteiger partial charge < -0.3 is 58.5 Å². The molecule has 0 amide bonds. The lowest BCUT2D eigenvalue weighted by Gasteiger charge is -2.48. The normalized spacial score (nSPS) is 35.9. The van der Waals surface area contributed by atoms with Gasteiger partial charge in [0.25, 0.3) is 0 Å². The maximum Gasteiger partial charge on any atom is 0.306 e. The van der Waals surface area contributed by atoms with Gasteiger partial charge in [0.05, 0.1) is 54.7 Å². The van der Waals surface area contributed by atoms with E-state index in [1.54, 1.807) is 20.8 Å². The quantitative estimate of drug-likeness (QED) is 0.215. The van der Waals surface area contributed by atoms with Crippen molar-refractivity contribution in [1.82, 2.24) is 4.90 Å². The molecule has 59 heavy (non-hydrogen) atoms. The fourth-order valence-corrected chi connectivity index (χ4v) is 9.47. The molecule has 5 aliphatic rings. The average Bonchev–Trinajstić information content (AvgIpc) is 3.18. The topological polar surface area (TPSA) is 217 Å². The van der Waals surface area contributed by atoms with E-state index in [0.717, 1.165) is 0 Å². The number of likely N-dealkylation sites (N-methyl/N-ethyl adjacent to an activating group) is 1. The first-order valence-corrected chi connectivity index (χ1v) is 20.4. The summed E-state index contributed by atoms with van der Waals surface area (Å²) in [6.07, 6.45) is -6.57. The molecule has 7 rings (SSSR count). The zero-order valence-electron chi connectivity index (χ0n) is 34.4. The van der Waals surface area contributed by atoms with Crippen LogP contribution in [0.15, 0.2) is 24.3 Å². The first kappa shape index (κ1) is 43.3. The van der Waals surface area contributed by atoms with E-state index in [1.807, 2.05) is 25.9 Å². The lowest BCUT2D eigenvalue weighted by Crippen LogP contribution is -2.58. The van der Waals surface area contributed by atoms with Crippen LogP contribution in [0.5, 0.6) is 11.5 Å². The average molecular weight is 826 g/mol. The van der Waals surface area contributed by atoms with Crippen LogP contribution in [0.3, 0.4) is 0 Å². The van der Waals surface area contributed by atoms with Gasteiger partial charge in [-0.2, -0.15) is 0 Å². The van der Waals surface area contributed by atoms with Crippen molar-refractivity contribution in [2.75, 3.05) is 21.2 Å². The SMILES string of the molecule is CC[C@@]1(O)C[C@H](OC2CC(N(C)C)C(OC3CC(O)C(OC4CCC(=O)C(C)O4)C(C)O3)C(C)O2)c2c(cc3c(c2O)C(=O)c2c(O)cccc2C3=O)[C@H]1CC(=O)OC. The smallest absolute Gasteiger partial charge is 0.306 e. The third-order valence-corrected chi connectivity index (χ3v) is 12.8. The van der Waals surface area contributed by atoms with Gasteiger partial charge >= 0.3 is 5.97 Å². The summed E-state index contributed by atoms with van der Waals surface area (Å²) in [5, 5.41) is 46.1. The van der Waals surface area contributed by atoms with Crippen molar-refractivity contribution in [3.8, 4) is 11.5 Å². The Labute approximate surface area is 342 Å². The molecule has 2 aromatic carbocycles. The number of aromatic hydroxyl groups is 2. The fraction of sp³-hybridized carbons (Fsp3) is 0.628. The second-order valence-corrected chi connectivity index (χ2v) is 16.7. The minimum atomic E-state index is -1.58. The molecule has 2 aromatic rings. The molecule has 0 aromatic heterocycles. The molecular formula is C43H55NO15. The predicted molar refractivity (Wildman–Crippen MR) is 206 cm³/mol. The number of esters is 1. The van der Waals surface area contributed by atoms with Crippen LogP contribution in [0, 0.1) is 0 Å². The number of aliphatic hydroxyl groups excluding tert-OH is 1. The van der Waals surface area contributed by atoms with Crippen molar-refractivity contribution >= 4 is 23.3 Å². The molecule has 16 heteroatoms. The minimum Gasteiger partial charge on any atom is -0.507 e. The first-order chi connectivity index (χ1) is 28.0. The van der Waals surface area contributed by atoms with Crippen LogP contribution >= 0.6 is 0 Å². The maximum atomic E-state index is 14.0. The van der Waals surface area contributed by atoms with E-state index in [9.17, 15) is 39.6 Å². The van der Waals surface area contributed by atoms with Crippen LogP contribution in [0.1, 0.15) is 128 Å². The molecular weight excluding hydrogens is 770 g/mol. The molecule has 16 nitrogen and oxygen atoms in total. The molecule has 0 saturated carbocycles. The summed E-state index contributed by atoms with van der Waals surface area (Å²) in [5.74, 6) is -3.87. The Morgan fingerprint density at radius 3 is 2.22 bits per heavy atom. The Morgan fingerprint density at radius 2 is 1.58 bits per heavy atom. The molecule has 2 aliphatic carbocycles. The van der Waals surface area contributed by atoms with E-state index in [0.29, 0.717) is 12.8 Å². The van der Waals surface area contributed by atoms with Gasteiger partial charge in [0.15, 0.2) is 30.4 Å². The number of phenols is 2. The van der Waals surface area contributed by atoms with Gasteiger partial charge in [-0.05, 0) is 59.0 Å². The largest absolute Gasteiger partial charge is 0.507 e. The Balaban J connectivity index is 1.14. The molecule has 10 unspecified atom stereocenters. The highest BCUT2D eigenvalue weighted by molar-refractivity contribution is 6.30. The molecule has 3 heterocycles. The van der Waals surface area contributed by atoms with E-state index in [2.05, 4.69) is 0 Å². The Kier molecular flexibility index (Phi) is 12.4. The summed E-state index contributed by atoms with van der Waals surface area (Å²) in [7, 11) is 4.99. The maximum absolute atomic E-state index is 14.0. The standard InChI is InChI=1S/C43H55NO15/c1-8-43(52)18-30(36-23(25(43)15-31(48)53-7)14-24-37(40(36)51)39(50)35-22(38(24)49)10-9-11-28(35)46)57-33-16-26(44(5)6)41(20(3)55-33)59-34-17-29(47)42(21(4)56-34)58-32-13-12-27(45)19(2)54-32/h9-11,14,19-21,25-26,29-30,32-34,41-42,46-47,51-52H,8,12-13,15-18H2,1-7H3/t19?,20?,21?,25-,26?,29?,30+,32?,33?,34?,41?,42?,43-/m1/s1. The van der Waals surface area contributed by atoms with Gasteiger partial charge in [0.1, 0.15) is 29.8 Å². The van der Waals surface area contributed by atoms with Crippen LogP contribution in [-0.4, -0.2) is 137 Å². The minimum absolute atomic E-state index is 0.00765. The monoisotopic (exact) mass is 825 g/mol. The first-order valence-electron chi connectivity index (χ1n) is 20.4. The van der Waals surface area contributed by atoms with E-state index in [1.165, 1.54) is 31.4 Å². The fourth-order valence-electron chi connectivity index (χ4n) is 9.47. The van der Waals surface area contributed by atoms with Crippen LogP contribution in [0.2, 0.25) is 0 Å². The molecule has 13 atom stereocenters. The van der Waals surface area contributed by atoms with Crippen LogP contribution in [0.4, 0.5) is 0 Å². The molecule has 3 saturated heterocycles. The molecule has 4 N–H and O–H groups in total. The lowest BCUT2D eigenvalue weighted by molar-refractivity contribution is -0.324. The molecule has 0 radical (unpaired) electrons. The number of benzene rings is 2. The number of rotatable bonds is 10. The number of hydrogen-bond acceptors (Lipinski definition) is 16. The molecule has 3 aliphatic heterocycles. The van der Waals surface area contributed by atoms with Crippen LogP contribution in [0.25, 0.3) is 0 Å². The van der Waals surface area contributed by atoms with Crippen molar-refractivity contribution in [1.29, 1.82) is 0 Å². The third kappa shape index (κ3) is 8.07. The predicted octanol–water partition coefficient (Wildman–Crippen LogP) is 3.55. The molecule has 0 bridgehead atoms. The van der Waals surface area contributed by atoms with Crippen molar-refractivity contribution in [2.45, 2.75) is 152 Å². The van der Waals surface area contributed by atoms with Gasteiger partial charge in [-0.1, -0.05) is 19.1 Å². The van der Waals surface area contributed by atoms with Crippen molar-refractivity contribution < 1.29 is 72.8 Å². The third-order valence-electron chi connectivity index (χ3n) is 12.8. The van der Waals surface area contributed by atoms with Gasteiger partial charge in [-0.15, -0.1) is 0 Å². The Bertz CT molecular complexity index is 1960. The van der Waals surface area contributed by atoms with Crippen LogP contribution in [-0.2, 0) is 42.7 Å². The number of aliphatic hydroxyl groups is 2. The summed E-state index contributed by atoms with van der Waals surface area (Å²) in [6, 6.07) is 5.27. The highest BCUT2D eigenvalue weighted by Crippen LogP contribution is 2.54. The number of Topliss-reactive ketones (excluding diaryl/α,β-unsaturated/α-hetero) is 1. The van der Waals surface area contributed by atoms with Crippen LogP contribution < -0.4 is 0 Å². The van der Waals surface area contributed by atoms with Gasteiger partial charge in [-0.25, -0.2) is 0 Å². The highest BCUT2D eigenvalue weighted by Gasteiger charge is 2.51. The van der Waals surface area contributed by atoms with Crippen molar-refractivity contribution in [3.05, 3.63) is 57.6 Å². The summed E-state index contributed by atoms with van der Waals surface area (Å²) in [4.78, 5) is 54.5. The number of carbonyl (C=O) groups excluding carboxylic acids is 4. The van der Waals surface area contributed by atoms with Gasteiger partial charge in [0, 0.05) is 60.8 Å². The molecule has 322 valence electrons. The van der Waals surface area contributed by atoms with E-state index in [-0.39, 0.29) is 77.3 Å². The molecule has 3 fully saturated rings. The lowest BCUT2D eigenvalue weighted by atomic mass is 9.66. The molecule has 0 spiro atoms. The van der Waals surface area contributed by atoms with Gasteiger partial charge in [0.2, 0.25) is 5.78 Å². The Hall–Kier alpha value is -3.84. The zero-order valence-corrected chi connectivity index (χ0v) is 34.4. The Morgan fingerprint density at radius 1 is 0.898 bits per heavy atom. The number of fused-ring (bicyclic) bond motifs is 3. The number of hydrogen-bond donors (Lipinski definition) is 4. The van der Waals surface area contributed by atoms with E-state index < -0.39 is 102 Å². The number of nitrogens with zero attached hydrogens (tertiary/aromatic N) is 1. The summed E-state index contributed by atoms with van der Waals surface area (Å²) in [6.45, 7) is 7.04. The number of phenolic OH excluding ortho intramolecular Hbond substituents is 2. The number of methoxy groups -OCH3 is 1. The number of ketones is 3. The number of ether oxygens (including phenoxy) is 7. The summed E-state index contributed by atoms with van der Waals surface area (Å²) < 4.78 is 42.6. The highest BCUT2D eigenvalue weighted by atomic mass is 16.7. The zero-order chi connectivity index (χ0) is 42.7. The van der Waals surface area contributed by atoms with Crippen molar-refractivity contribution in [2.24, 2.45) is 0 Å². The van der Waals surface area contributed by atoms with Crippen molar-refractivity contribution in [3.63, 3.8) is 0 Å².